The maximum absolute atomic E-state index is 5.00. The van der Waals surface area contributed by atoms with E-state index in [0.29, 0.717) is 45.9 Å². The highest BCUT2D eigenvalue weighted by molar-refractivity contribution is 6.07. The molecule has 8 bridgehead atoms. The molecule has 3 aliphatic rings. The second-order valence-corrected chi connectivity index (χ2v) is 9.65. The molecule has 2 N–H and O–H groups in total. The van der Waals surface area contributed by atoms with Gasteiger partial charge in [-0.25, -0.2) is 29.9 Å². The average Bonchev–Trinajstić information content (AvgIpc) is 3.73. The van der Waals surface area contributed by atoms with Crippen molar-refractivity contribution in [2.75, 3.05) is 0 Å². The second-order valence-electron chi connectivity index (χ2n) is 9.65. The van der Waals surface area contributed by atoms with Gasteiger partial charge in [0.2, 0.25) is 0 Å². The first kappa shape index (κ1) is 21.0. The molecule has 0 saturated carbocycles. The number of hydrogen-bond donors (Lipinski definition) is 2. The van der Waals surface area contributed by atoms with Crippen LogP contribution in [0.15, 0.2) is 96.4 Å². The zero-order valence-corrected chi connectivity index (χ0v) is 20.8. The van der Waals surface area contributed by atoms with Gasteiger partial charge in [0.15, 0.2) is 23.3 Å². The predicted molar refractivity (Wildman–Crippen MR) is 155 cm³/mol. The summed E-state index contributed by atoms with van der Waals surface area (Å²) in [6.45, 7) is 0. The molecular formula is C32H16N8. The van der Waals surface area contributed by atoms with Gasteiger partial charge >= 0.3 is 0 Å². The first-order chi connectivity index (χ1) is 19.8. The van der Waals surface area contributed by atoms with E-state index in [9.17, 15) is 0 Å². The summed E-state index contributed by atoms with van der Waals surface area (Å²) in [5.41, 5.74) is 12.3. The maximum atomic E-state index is 5.00. The first-order valence-electron chi connectivity index (χ1n) is 12.8. The van der Waals surface area contributed by atoms with E-state index in [1.807, 2.05) is 84.9 Å². The van der Waals surface area contributed by atoms with Crippen LogP contribution in [-0.2, 0) is 0 Å². The van der Waals surface area contributed by atoms with Gasteiger partial charge in [0.1, 0.15) is 22.6 Å². The van der Waals surface area contributed by atoms with Crippen LogP contribution in [0.1, 0.15) is 11.6 Å². The Hall–Kier alpha value is -5.94. The number of H-pyrrole nitrogens is 2. The molecule has 1 aliphatic carbocycles. The van der Waals surface area contributed by atoms with E-state index in [1.165, 1.54) is 0 Å². The van der Waals surface area contributed by atoms with Crippen LogP contribution < -0.4 is 0 Å². The average molecular weight is 513 g/mol. The third-order valence-corrected chi connectivity index (χ3v) is 7.34. The molecule has 0 atom stereocenters. The second kappa shape index (κ2) is 7.79. The van der Waals surface area contributed by atoms with Crippen LogP contribution >= 0.6 is 0 Å². The van der Waals surface area contributed by atoms with Gasteiger partial charge in [0.05, 0.1) is 0 Å². The van der Waals surface area contributed by atoms with Crippen molar-refractivity contribution in [3.63, 3.8) is 0 Å². The van der Waals surface area contributed by atoms with Gasteiger partial charge in [-0.15, -0.1) is 0 Å². The number of hydrogen-bond acceptors (Lipinski definition) is 6. The fraction of sp³-hybridized carbons (Fsp3) is 0. The van der Waals surface area contributed by atoms with E-state index in [1.54, 1.807) is 0 Å². The van der Waals surface area contributed by atoms with Gasteiger partial charge in [0, 0.05) is 56.0 Å². The van der Waals surface area contributed by atoms with Crippen molar-refractivity contribution >= 4 is 55.3 Å². The van der Waals surface area contributed by atoms with E-state index in [-0.39, 0.29) is 0 Å². The van der Waals surface area contributed by atoms with E-state index in [2.05, 4.69) is 21.4 Å². The summed E-state index contributed by atoms with van der Waals surface area (Å²) >= 11 is 0. The van der Waals surface area contributed by atoms with E-state index < -0.39 is 0 Å². The molecule has 0 radical (unpaired) electrons. The zero-order chi connectivity index (χ0) is 26.2. The van der Waals surface area contributed by atoms with Crippen molar-refractivity contribution in [1.29, 1.82) is 0 Å². The van der Waals surface area contributed by atoms with Crippen molar-refractivity contribution in [3.8, 4) is 22.8 Å². The summed E-state index contributed by atoms with van der Waals surface area (Å²) in [4.78, 5) is 36.6. The van der Waals surface area contributed by atoms with Gasteiger partial charge in [-0.1, -0.05) is 84.3 Å². The van der Waals surface area contributed by atoms with Gasteiger partial charge in [-0.2, -0.15) is 0 Å². The predicted octanol–water partition coefficient (Wildman–Crippen LogP) is 6.33. The first-order valence-corrected chi connectivity index (χ1v) is 12.8. The minimum atomic E-state index is 0.546. The highest BCUT2D eigenvalue weighted by Crippen LogP contribution is 2.35. The Morgan fingerprint density at radius 2 is 0.750 bits per heavy atom. The lowest BCUT2D eigenvalue weighted by Crippen LogP contribution is -1.86. The summed E-state index contributed by atoms with van der Waals surface area (Å²) in [5, 5.41) is 3.76. The van der Waals surface area contributed by atoms with Crippen LogP contribution in [0.4, 0.5) is 0 Å². The van der Waals surface area contributed by atoms with Crippen molar-refractivity contribution in [2.24, 2.45) is 0 Å². The monoisotopic (exact) mass is 512 g/mol. The molecular weight excluding hydrogens is 496 g/mol. The van der Waals surface area contributed by atoms with Crippen LogP contribution in [0, 0.1) is 0 Å². The maximum Gasteiger partial charge on any atom is 0.165 e. The van der Waals surface area contributed by atoms with Crippen molar-refractivity contribution in [2.45, 2.75) is 0 Å². The number of nitrogens with zero attached hydrogens (tertiary/aromatic N) is 6. The summed E-state index contributed by atoms with van der Waals surface area (Å²) < 4.78 is 0. The van der Waals surface area contributed by atoms with E-state index in [4.69, 9.17) is 29.9 Å². The third kappa shape index (κ3) is 2.97. The fourth-order valence-electron chi connectivity index (χ4n) is 5.47. The van der Waals surface area contributed by atoms with Gasteiger partial charge < -0.3 is 9.97 Å². The number of fused-ring (bicyclic) bond motifs is 19. The Bertz CT molecular complexity index is 2250. The molecule has 0 fully saturated rings. The Morgan fingerprint density at radius 3 is 1.18 bits per heavy atom. The lowest BCUT2D eigenvalue weighted by atomic mass is 10.1. The van der Waals surface area contributed by atoms with Crippen molar-refractivity contribution in [3.05, 3.63) is 108 Å². The molecule has 40 heavy (non-hydrogen) atoms. The molecule has 8 heteroatoms. The van der Waals surface area contributed by atoms with Gasteiger partial charge in [0.25, 0.3) is 0 Å². The molecule has 0 unspecified atom stereocenters. The highest BCUT2D eigenvalue weighted by Gasteiger charge is 2.22. The molecule has 0 saturated heterocycles. The Balaban J connectivity index is 1.51. The summed E-state index contributed by atoms with van der Waals surface area (Å²) in [7, 11) is 0. The molecule has 184 valence electrons. The number of benzene rings is 3. The molecule has 0 amide bonds. The van der Waals surface area contributed by atoms with Gasteiger partial charge in [-0.3, -0.25) is 0 Å². The standard InChI is InChI=1S/C32H16N8/c1-2-10-18-17(9-1)25-33-26(18)38-28-21-13-5-6-14-22(21)30(35-28)40-32-24-16-8-7-15-23(24)31(36-32)39-29-20-12-4-3-11-19(20)27(34-29)37-25/h1-6,9-16H,(H2,33,34,35,36,37,38,39,40). The molecule has 3 aromatic carbocycles. The van der Waals surface area contributed by atoms with Crippen molar-refractivity contribution in [1.82, 2.24) is 39.9 Å². The highest BCUT2D eigenvalue weighted by atomic mass is 15.1. The largest absolute Gasteiger partial charge is 0.324 e. The Labute approximate surface area is 225 Å². The zero-order valence-electron chi connectivity index (χ0n) is 20.8. The normalized spacial score (nSPS) is 13.3. The summed E-state index contributed by atoms with van der Waals surface area (Å²) in [6, 6.07) is 24.1. The lowest BCUT2D eigenvalue weighted by molar-refractivity contribution is 1.12. The van der Waals surface area contributed by atoms with E-state index >= 15 is 0 Å². The smallest absolute Gasteiger partial charge is 0.165 e. The molecule has 9 rings (SSSR count). The molecule has 3 aromatic heterocycles. The Kier molecular flexibility index (Phi) is 4.10. The van der Waals surface area contributed by atoms with Gasteiger partial charge in [-0.05, 0) is 0 Å². The SMILES string of the molecule is C1=C=CC2=C(C=1)c1nc2nc2[nH]c(nc3nc(nc4[nH]c(n1)c1ccccc41)-c1ccccc1-3)c1ccccc21. The van der Waals surface area contributed by atoms with Crippen LogP contribution in [0.5, 0.6) is 0 Å². The summed E-state index contributed by atoms with van der Waals surface area (Å²) in [5.74, 6) is 2.27. The van der Waals surface area contributed by atoms with Crippen LogP contribution in [0.25, 0.3) is 78.1 Å². The van der Waals surface area contributed by atoms with Crippen molar-refractivity contribution < 1.29 is 0 Å². The fourth-order valence-corrected chi connectivity index (χ4v) is 5.47. The third-order valence-electron chi connectivity index (χ3n) is 7.34. The quantitative estimate of drug-likeness (QED) is 0.230. The topological polar surface area (TPSA) is 109 Å². The van der Waals surface area contributed by atoms with E-state index in [0.717, 1.165) is 43.8 Å². The number of allylic oxidation sites excluding steroid dienone is 4. The minimum absolute atomic E-state index is 0.546. The number of aromatic nitrogens is 8. The van der Waals surface area contributed by atoms with Crippen LogP contribution in [-0.4, -0.2) is 39.9 Å². The number of aromatic amines is 2. The Morgan fingerprint density at radius 1 is 0.400 bits per heavy atom. The molecule has 8 nitrogen and oxygen atoms in total. The number of nitrogens with one attached hydrogen (secondary N) is 2. The van der Waals surface area contributed by atoms with Crippen LogP contribution in [0.3, 0.4) is 0 Å². The number of rotatable bonds is 0. The molecule has 0 spiro atoms. The van der Waals surface area contributed by atoms with Crippen LogP contribution in [0.2, 0.25) is 0 Å². The molecule has 5 heterocycles. The lowest BCUT2D eigenvalue weighted by Gasteiger charge is -1.96. The minimum Gasteiger partial charge on any atom is -0.324 e. The molecule has 6 aromatic rings. The summed E-state index contributed by atoms with van der Waals surface area (Å²) in [6.07, 6.45) is 3.69. The molecule has 2 aliphatic heterocycles.